The summed E-state index contributed by atoms with van der Waals surface area (Å²) in [5.41, 5.74) is 0.979. The van der Waals surface area contributed by atoms with Crippen LogP contribution in [0.3, 0.4) is 0 Å². The van der Waals surface area contributed by atoms with Gasteiger partial charge in [0.15, 0.2) is 11.7 Å². The van der Waals surface area contributed by atoms with Gasteiger partial charge in [0.2, 0.25) is 0 Å². The van der Waals surface area contributed by atoms with Gasteiger partial charge in [-0.3, -0.25) is 0 Å². The summed E-state index contributed by atoms with van der Waals surface area (Å²) >= 11 is 0. The first-order valence-electron chi connectivity index (χ1n) is 10.3. The zero-order chi connectivity index (χ0) is 19.6. The minimum Gasteiger partial charge on any atom is -0.377 e. The predicted molar refractivity (Wildman–Crippen MR) is 125 cm³/mol. The van der Waals surface area contributed by atoms with Crippen LogP contribution in [-0.4, -0.2) is 60.9 Å². The van der Waals surface area contributed by atoms with E-state index in [9.17, 15) is 0 Å². The third kappa shape index (κ3) is 9.09. The van der Waals surface area contributed by atoms with E-state index in [-0.39, 0.29) is 24.0 Å². The molecule has 0 spiro atoms. The van der Waals surface area contributed by atoms with E-state index in [1.165, 1.54) is 0 Å². The van der Waals surface area contributed by atoms with Crippen LogP contribution in [0.25, 0.3) is 0 Å². The highest BCUT2D eigenvalue weighted by Gasteiger charge is 2.20. The van der Waals surface area contributed by atoms with Crippen LogP contribution in [0.4, 0.5) is 0 Å². The molecular formula is C20H38IN5O2. The molecule has 8 heteroatoms. The van der Waals surface area contributed by atoms with Crippen LogP contribution >= 0.6 is 24.0 Å². The van der Waals surface area contributed by atoms with Crippen LogP contribution in [0.2, 0.25) is 0 Å². The predicted octanol–water partition coefficient (Wildman–Crippen LogP) is 3.36. The van der Waals surface area contributed by atoms with Crippen molar-refractivity contribution < 1.29 is 9.26 Å². The normalized spacial score (nSPS) is 16.5. The summed E-state index contributed by atoms with van der Waals surface area (Å²) in [6.07, 6.45) is 2.54. The number of guanidine groups is 1. The molecule has 0 aliphatic carbocycles. The molecule has 0 unspecified atom stereocenters. The SMILES string of the molecule is CCNC(=NCc1cc(C(C)C)no1)NC1CCN(CCOC(C)C)CC1.I. The second-order valence-corrected chi connectivity index (χ2v) is 7.75. The second kappa shape index (κ2) is 13.4. The van der Waals surface area contributed by atoms with E-state index < -0.39 is 0 Å². The highest BCUT2D eigenvalue weighted by Crippen LogP contribution is 2.15. The lowest BCUT2D eigenvalue weighted by Crippen LogP contribution is -2.49. The van der Waals surface area contributed by atoms with Gasteiger partial charge in [-0.15, -0.1) is 24.0 Å². The van der Waals surface area contributed by atoms with E-state index in [0.717, 1.165) is 63.0 Å². The molecule has 0 saturated carbocycles. The fourth-order valence-corrected chi connectivity index (χ4v) is 3.06. The number of aliphatic imine (C=N–C) groups is 1. The van der Waals surface area contributed by atoms with Crippen molar-refractivity contribution in [3.8, 4) is 0 Å². The van der Waals surface area contributed by atoms with Crippen LogP contribution in [0, 0.1) is 0 Å². The number of rotatable bonds is 9. The Morgan fingerprint density at radius 2 is 2.04 bits per heavy atom. The molecule has 0 amide bonds. The topological polar surface area (TPSA) is 74.9 Å². The van der Waals surface area contributed by atoms with Crippen LogP contribution in [-0.2, 0) is 11.3 Å². The summed E-state index contributed by atoms with van der Waals surface area (Å²) in [5, 5.41) is 11.0. The Hall–Kier alpha value is -0.870. The smallest absolute Gasteiger partial charge is 0.191 e. The monoisotopic (exact) mass is 507 g/mol. The third-order valence-electron chi connectivity index (χ3n) is 4.69. The van der Waals surface area contributed by atoms with Crippen molar-refractivity contribution in [2.75, 3.05) is 32.8 Å². The Labute approximate surface area is 187 Å². The van der Waals surface area contributed by atoms with Gasteiger partial charge in [-0.1, -0.05) is 19.0 Å². The van der Waals surface area contributed by atoms with Gasteiger partial charge in [-0.05, 0) is 39.5 Å². The van der Waals surface area contributed by atoms with Crippen LogP contribution in [0.5, 0.6) is 0 Å². The van der Waals surface area contributed by atoms with Crippen molar-refractivity contribution in [2.24, 2.45) is 4.99 Å². The van der Waals surface area contributed by atoms with Gasteiger partial charge in [0.1, 0.15) is 6.54 Å². The molecule has 1 fully saturated rings. The van der Waals surface area contributed by atoms with Gasteiger partial charge >= 0.3 is 0 Å². The molecule has 7 nitrogen and oxygen atoms in total. The maximum absolute atomic E-state index is 5.66. The maximum Gasteiger partial charge on any atom is 0.191 e. The van der Waals surface area contributed by atoms with E-state index >= 15 is 0 Å². The minimum atomic E-state index is 0. The van der Waals surface area contributed by atoms with Crippen molar-refractivity contribution in [2.45, 2.75) is 72.1 Å². The average molecular weight is 507 g/mol. The van der Waals surface area contributed by atoms with Crippen LogP contribution in [0.1, 0.15) is 64.8 Å². The summed E-state index contributed by atoms with van der Waals surface area (Å²) in [5.74, 6) is 2.02. The molecule has 0 radical (unpaired) electrons. The molecule has 1 saturated heterocycles. The molecule has 0 bridgehead atoms. The number of aromatic nitrogens is 1. The third-order valence-corrected chi connectivity index (χ3v) is 4.69. The lowest BCUT2D eigenvalue weighted by Gasteiger charge is -2.33. The number of hydrogen-bond donors (Lipinski definition) is 2. The summed E-state index contributed by atoms with van der Waals surface area (Å²) in [4.78, 5) is 7.14. The Bertz CT molecular complexity index is 569. The highest BCUT2D eigenvalue weighted by atomic mass is 127. The first-order chi connectivity index (χ1) is 13.0. The van der Waals surface area contributed by atoms with Gasteiger partial charge in [0, 0.05) is 38.3 Å². The maximum atomic E-state index is 5.66. The molecule has 1 aromatic rings. The highest BCUT2D eigenvalue weighted by molar-refractivity contribution is 14.0. The number of likely N-dealkylation sites (tertiary alicyclic amines) is 1. The summed E-state index contributed by atoms with van der Waals surface area (Å²) < 4.78 is 11.0. The van der Waals surface area contributed by atoms with E-state index in [1.54, 1.807) is 0 Å². The van der Waals surface area contributed by atoms with Crippen molar-refractivity contribution in [1.82, 2.24) is 20.7 Å². The molecule has 1 aliphatic heterocycles. The minimum absolute atomic E-state index is 0. The molecule has 162 valence electrons. The number of piperidine rings is 1. The Kier molecular flexibility index (Phi) is 12.0. The van der Waals surface area contributed by atoms with E-state index in [1.807, 2.05) is 6.07 Å². The summed E-state index contributed by atoms with van der Waals surface area (Å²) in [6.45, 7) is 15.8. The van der Waals surface area contributed by atoms with Crippen molar-refractivity contribution in [3.63, 3.8) is 0 Å². The van der Waals surface area contributed by atoms with Gasteiger partial charge in [-0.2, -0.15) is 0 Å². The lowest BCUT2D eigenvalue weighted by atomic mass is 10.1. The van der Waals surface area contributed by atoms with Crippen molar-refractivity contribution >= 4 is 29.9 Å². The number of ether oxygens (including phenoxy) is 1. The first-order valence-corrected chi connectivity index (χ1v) is 10.3. The first kappa shape index (κ1) is 25.2. The van der Waals surface area contributed by atoms with Gasteiger partial charge in [0.05, 0.1) is 18.4 Å². The lowest BCUT2D eigenvalue weighted by molar-refractivity contribution is 0.0532. The Morgan fingerprint density at radius 3 is 2.61 bits per heavy atom. The van der Waals surface area contributed by atoms with E-state index in [2.05, 4.69) is 60.3 Å². The number of nitrogens with one attached hydrogen (secondary N) is 2. The molecule has 2 N–H and O–H groups in total. The molecule has 28 heavy (non-hydrogen) atoms. The largest absolute Gasteiger partial charge is 0.377 e. The number of nitrogens with zero attached hydrogens (tertiary/aromatic N) is 3. The van der Waals surface area contributed by atoms with Crippen LogP contribution < -0.4 is 10.6 Å². The zero-order valence-electron chi connectivity index (χ0n) is 18.0. The van der Waals surface area contributed by atoms with E-state index in [0.29, 0.717) is 24.6 Å². The van der Waals surface area contributed by atoms with Gasteiger partial charge < -0.3 is 24.8 Å². The molecule has 1 aromatic heterocycles. The molecule has 1 aliphatic rings. The molecule has 0 aromatic carbocycles. The Morgan fingerprint density at radius 1 is 1.32 bits per heavy atom. The van der Waals surface area contributed by atoms with Crippen LogP contribution in [0.15, 0.2) is 15.6 Å². The zero-order valence-corrected chi connectivity index (χ0v) is 20.4. The fourth-order valence-electron chi connectivity index (χ4n) is 3.06. The molecule has 0 atom stereocenters. The quantitative estimate of drug-likeness (QED) is 0.304. The standard InChI is InChI=1S/C20H37N5O2.HI/c1-6-21-20(22-14-18-13-19(15(2)3)24-27-18)23-17-7-9-25(10-8-17)11-12-26-16(4)5;/h13,15-17H,6-12,14H2,1-5H3,(H2,21,22,23);1H. The summed E-state index contributed by atoms with van der Waals surface area (Å²) in [7, 11) is 0. The Balaban J connectivity index is 0.00000392. The average Bonchev–Trinajstić information content (AvgIpc) is 3.10. The number of halogens is 1. The van der Waals surface area contributed by atoms with Crippen molar-refractivity contribution in [1.29, 1.82) is 0 Å². The molecule has 2 heterocycles. The van der Waals surface area contributed by atoms with E-state index in [4.69, 9.17) is 9.26 Å². The fraction of sp³-hybridized carbons (Fsp3) is 0.800. The second-order valence-electron chi connectivity index (χ2n) is 7.75. The van der Waals surface area contributed by atoms with Gasteiger partial charge in [-0.25, -0.2) is 4.99 Å². The molecule has 2 rings (SSSR count). The molecular weight excluding hydrogens is 469 g/mol. The summed E-state index contributed by atoms with van der Waals surface area (Å²) in [6, 6.07) is 2.45. The number of hydrogen-bond acceptors (Lipinski definition) is 5. The van der Waals surface area contributed by atoms with Crippen molar-refractivity contribution in [3.05, 3.63) is 17.5 Å². The van der Waals surface area contributed by atoms with Gasteiger partial charge in [0.25, 0.3) is 0 Å².